The van der Waals surface area contributed by atoms with Gasteiger partial charge in [0.05, 0.1) is 0 Å². The summed E-state index contributed by atoms with van der Waals surface area (Å²) in [4.78, 5) is 22.1. The topological polar surface area (TPSA) is 66.4 Å². The number of amides is 1. The van der Waals surface area contributed by atoms with E-state index in [1.165, 1.54) is 6.92 Å². The number of carboxylic acids is 1. The van der Waals surface area contributed by atoms with Gasteiger partial charge < -0.3 is 10.4 Å². The lowest BCUT2D eigenvalue weighted by atomic mass is 10.1. The van der Waals surface area contributed by atoms with Gasteiger partial charge in [-0.2, -0.15) is 0 Å². The second-order valence-electron chi connectivity index (χ2n) is 3.26. The van der Waals surface area contributed by atoms with E-state index in [0.29, 0.717) is 11.1 Å². The van der Waals surface area contributed by atoms with E-state index in [1.54, 1.807) is 24.3 Å². The monoisotopic (exact) mass is 217 g/mol. The lowest BCUT2D eigenvalue weighted by molar-refractivity contribution is -0.138. The van der Waals surface area contributed by atoms with Gasteiger partial charge in [0, 0.05) is 11.1 Å². The molecule has 0 fully saturated rings. The number of hydrogen-bond donors (Lipinski definition) is 2. The lowest BCUT2D eigenvalue weighted by Gasteiger charge is -2.08. The first-order valence-corrected chi connectivity index (χ1v) is 4.65. The Hall–Kier alpha value is -2.28. The Morgan fingerprint density at radius 3 is 2.38 bits per heavy atom. The van der Waals surface area contributed by atoms with Crippen molar-refractivity contribution in [3.63, 3.8) is 0 Å². The molecule has 0 aliphatic rings. The third-order valence-electron chi connectivity index (χ3n) is 2.03. The number of hydrogen-bond acceptors (Lipinski definition) is 2. The highest BCUT2D eigenvalue weighted by atomic mass is 16.4. The van der Waals surface area contributed by atoms with Crippen molar-refractivity contribution >= 4 is 11.9 Å². The van der Waals surface area contributed by atoms with Gasteiger partial charge in [-0.15, -0.1) is 6.42 Å². The van der Waals surface area contributed by atoms with Crippen LogP contribution in [0.2, 0.25) is 0 Å². The molecule has 1 unspecified atom stereocenters. The number of nitrogens with one attached hydrogen (secondary N) is 1. The summed E-state index contributed by atoms with van der Waals surface area (Å²) in [5.74, 6) is 0.919. The maximum atomic E-state index is 11.5. The normalized spacial score (nSPS) is 11.2. The predicted octanol–water partition coefficient (Wildman–Crippen LogP) is 0.871. The van der Waals surface area contributed by atoms with E-state index in [9.17, 15) is 9.59 Å². The molecule has 0 aliphatic heterocycles. The average molecular weight is 217 g/mol. The summed E-state index contributed by atoms with van der Waals surface area (Å²) in [7, 11) is 0. The van der Waals surface area contributed by atoms with Gasteiger partial charge >= 0.3 is 5.97 Å². The Kier molecular flexibility index (Phi) is 3.67. The lowest BCUT2D eigenvalue weighted by Crippen LogP contribution is -2.38. The van der Waals surface area contributed by atoms with E-state index >= 15 is 0 Å². The molecular formula is C12H11NO3. The third kappa shape index (κ3) is 2.85. The molecule has 0 heterocycles. The van der Waals surface area contributed by atoms with Gasteiger partial charge in [0.15, 0.2) is 0 Å². The van der Waals surface area contributed by atoms with Crippen molar-refractivity contribution in [1.29, 1.82) is 0 Å². The van der Waals surface area contributed by atoms with E-state index in [0.717, 1.165) is 0 Å². The average Bonchev–Trinajstić information content (AvgIpc) is 2.28. The first-order valence-electron chi connectivity index (χ1n) is 4.65. The molecule has 4 heteroatoms. The summed E-state index contributed by atoms with van der Waals surface area (Å²) in [6.45, 7) is 1.40. The van der Waals surface area contributed by atoms with E-state index < -0.39 is 17.9 Å². The van der Waals surface area contributed by atoms with Gasteiger partial charge in [-0.1, -0.05) is 5.92 Å². The van der Waals surface area contributed by atoms with Crippen molar-refractivity contribution in [2.45, 2.75) is 13.0 Å². The molecule has 0 saturated carbocycles. The van der Waals surface area contributed by atoms with Crippen LogP contribution < -0.4 is 5.32 Å². The molecule has 82 valence electrons. The zero-order chi connectivity index (χ0) is 12.1. The summed E-state index contributed by atoms with van der Waals surface area (Å²) < 4.78 is 0. The zero-order valence-corrected chi connectivity index (χ0v) is 8.73. The largest absolute Gasteiger partial charge is 0.480 e. The van der Waals surface area contributed by atoms with Gasteiger partial charge in [0.1, 0.15) is 6.04 Å². The molecule has 1 amide bonds. The van der Waals surface area contributed by atoms with Crippen LogP contribution in [0.15, 0.2) is 24.3 Å². The first kappa shape index (κ1) is 11.8. The molecule has 1 aromatic rings. The van der Waals surface area contributed by atoms with Crippen LogP contribution in [-0.2, 0) is 4.79 Å². The van der Waals surface area contributed by atoms with E-state index in [2.05, 4.69) is 11.2 Å². The Morgan fingerprint density at radius 2 is 1.94 bits per heavy atom. The van der Waals surface area contributed by atoms with Gasteiger partial charge in [0.25, 0.3) is 5.91 Å². The molecule has 0 radical (unpaired) electrons. The molecule has 0 saturated heterocycles. The number of carbonyl (C=O) groups is 2. The van der Waals surface area contributed by atoms with Crippen LogP contribution in [0.5, 0.6) is 0 Å². The standard InChI is InChI=1S/C12H11NO3/c1-3-9-4-6-10(7-5-9)11(14)13-8(2)12(15)16/h1,4-8H,2H3,(H,13,14)(H,15,16). The molecule has 0 aromatic heterocycles. The maximum absolute atomic E-state index is 11.5. The zero-order valence-electron chi connectivity index (χ0n) is 8.73. The van der Waals surface area contributed by atoms with Crippen molar-refractivity contribution < 1.29 is 14.7 Å². The molecular weight excluding hydrogens is 206 g/mol. The van der Waals surface area contributed by atoms with E-state index in [-0.39, 0.29) is 0 Å². The fraction of sp³-hybridized carbons (Fsp3) is 0.167. The number of aliphatic carboxylic acids is 1. The first-order chi connectivity index (χ1) is 7.54. The molecule has 1 atom stereocenters. The molecule has 1 aromatic carbocycles. The van der Waals surface area contributed by atoms with Crippen molar-refractivity contribution in [2.75, 3.05) is 0 Å². The molecule has 1 rings (SSSR count). The van der Waals surface area contributed by atoms with Gasteiger partial charge in [-0.25, -0.2) is 0 Å². The van der Waals surface area contributed by atoms with E-state index in [4.69, 9.17) is 11.5 Å². The SMILES string of the molecule is C#Cc1ccc(C(=O)NC(C)C(=O)O)cc1. The molecule has 0 bridgehead atoms. The fourth-order valence-corrected chi connectivity index (χ4v) is 1.06. The summed E-state index contributed by atoms with van der Waals surface area (Å²) in [5.41, 5.74) is 1.05. The fourth-order valence-electron chi connectivity index (χ4n) is 1.06. The number of rotatable bonds is 3. The van der Waals surface area contributed by atoms with Crippen LogP contribution in [0, 0.1) is 12.3 Å². The van der Waals surface area contributed by atoms with Crippen molar-refractivity contribution in [3.05, 3.63) is 35.4 Å². The van der Waals surface area contributed by atoms with Crippen LogP contribution in [0.25, 0.3) is 0 Å². The number of carbonyl (C=O) groups excluding carboxylic acids is 1. The molecule has 16 heavy (non-hydrogen) atoms. The van der Waals surface area contributed by atoms with Crippen LogP contribution in [0.1, 0.15) is 22.8 Å². The Labute approximate surface area is 93.3 Å². The number of terminal acetylenes is 1. The molecule has 2 N–H and O–H groups in total. The second-order valence-corrected chi connectivity index (χ2v) is 3.26. The summed E-state index contributed by atoms with van der Waals surface area (Å²) in [6, 6.07) is 5.44. The Morgan fingerprint density at radius 1 is 1.38 bits per heavy atom. The minimum Gasteiger partial charge on any atom is -0.480 e. The maximum Gasteiger partial charge on any atom is 0.325 e. The number of benzene rings is 1. The van der Waals surface area contributed by atoms with Gasteiger partial charge in [-0.05, 0) is 31.2 Å². The van der Waals surface area contributed by atoms with Crippen molar-refractivity contribution in [1.82, 2.24) is 5.32 Å². The third-order valence-corrected chi connectivity index (χ3v) is 2.03. The molecule has 0 aliphatic carbocycles. The van der Waals surface area contributed by atoms with E-state index in [1.807, 2.05) is 0 Å². The minimum atomic E-state index is -1.08. The highest BCUT2D eigenvalue weighted by molar-refractivity contribution is 5.96. The predicted molar refractivity (Wildman–Crippen MR) is 58.9 cm³/mol. The quantitative estimate of drug-likeness (QED) is 0.738. The van der Waals surface area contributed by atoms with Crippen LogP contribution >= 0.6 is 0 Å². The van der Waals surface area contributed by atoms with Crippen LogP contribution in [0.4, 0.5) is 0 Å². The Bertz CT molecular complexity index is 442. The van der Waals surface area contributed by atoms with Gasteiger partial charge in [-0.3, -0.25) is 9.59 Å². The smallest absolute Gasteiger partial charge is 0.325 e. The highest BCUT2D eigenvalue weighted by Gasteiger charge is 2.14. The van der Waals surface area contributed by atoms with Crippen LogP contribution in [0.3, 0.4) is 0 Å². The number of carboxylic acid groups (broad SMARTS) is 1. The minimum absolute atomic E-state index is 0.382. The molecule has 4 nitrogen and oxygen atoms in total. The molecule has 0 spiro atoms. The Balaban J connectivity index is 2.74. The summed E-state index contributed by atoms with van der Waals surface area (Å²) in [5, 5.41) is 11.0. The summed E-state index contributed by atoms with van der Waals surface area (Å²) >= 11 is 0. The van der Waals surface area contributed by atoms with Crippen molar-refractivity contribution in [2.24, 2.45) is 0 Å². The van der Waals surface area contributed by atoms with Crippen molar-refractivity contribution in [3.8, 4) is 12.3 Å². The second kappa shape index (κ2) is 4.99. The van der Waals surface area contributed by atoms with Crippen LogP contribution in [-0.4, -0.2) is 23.0 Å². The summed E-state index contributed by atoms with van der Waals surface area (Å²) in [6.07, 6.45) is 5.17. The van der Waals surface area contributed by atoms with Gasteiger partial charge in [0.2, 0.25) is 0 Å². The highest BCUT2D eigenvalue weighted by Crippen LogP contribution is 2.03.